The molecule has 2 heterocycles. The molecule has 0 aliphatic heterocycles. The number of rotatable bonds is 8. The maximum absolute atomic E-state index is 5.76. The number of hydrogen-bond acceptors (Lipinski definition) is 6. The van der Waals surface area contributed by atoms with E-state index in [1.165, 1.54) is 4.88 Å². The van der Waals surface area contributed by atoms with Gasteiger partial charge in [0.05, 0.1) is 25.9 Å². The summed E-state index contributed by atoms with van der Waals surface area (Å²) in [6.07, 6.45) is 1.78. The van der Waals surface area contributed by atoms with Crippen molar-refractivity contribution in [1.82, 2.24) is 20.6 Å². The Balaban J connectivity index is 0.00000341. The van der Waals surface area contributed by atoms with Crippen LogP contribution in [0, 0.1) is 13.8 Å². The van der Waals surface area contributed by atoms with E-state index in [2.05, 4.69) is 32.5 Å². The third kappa shape index (κ3) is 7.66. The van der Waals surface area contributed by atoms with Crippen LogP contribution in [-0.2, 0) is 13.1 Å². The SMILES string of the molecule is CCNC(=NCc1ccc(Oc2ccc(OC)cc2)nc1)NCc1nc(C)c(C)s1.I. The highest BCUT2D eigenvalue weighted by Crippen LogP contribution is 2.22. The molecule has 3 aromatic rings. The van der Waals surface area contributed by atoms with E-state index >= 15 is 0 Å². The van der Waals surface area contributed by atoms with Gasteiger partial charge in [-0.2, -0.15) is 0 Å². The highest BCUT2D eigenvalue weighted by molar-refractivity contribution is 14.0. The van der Waals surface area contributed by atoms with Gasteiger partial charge in [0, 0.05) is 23.7 Å². The van der Waals surface area contributed by atoms with Gasteiger partial charge < -0.3 is 20.1 Å². The fourth-order valence-corrected chi connectivity index (χ4v) is 3.49. The van der Waals surface area contributed by atoms with E-state index in [-0.39, 0.29) is 24.0 Å². The number of aliphatic imine (C=N–C) groups is 1. The first-order chi connectivity index (χ1) is 14.6. The maximum atomic E-state index is 5.76. The number of aryl methyl sites for hydroxylation is 2. The van der Waals surface area contributed by atoms with Crippen LogP contribution < -0.4 is 20.1 Å². The highest BCUT2D eigenvalue weighted by atomic mass is 127. The van der Waals surface area contributed by atoms with Gasteiger partial charge in [0.25, 0.3) is 0 Å². The molecule has 0 amide bonds. The molecule has 0 saturated heterocycles. The van der Waals surface area contributed by atoms with E-state index in [1.807, 2.05) is 50.2 Å². The standard InChI is InChI=1S/C22H27N5O2S.HI/c1-5-23-22(26-14-21-27-15(2)16(3)30-21)25-13-17-6-11-20(24-12-17)29-19-9-7-18(28-4)8-10-19;/h6-12H,5,13-14H2,1-4H3,(H2,23,25,26);1H. The first-order valence-electron chi connectivity index (χ1n) is 9.79. The van der Waals surface area contributed by atoms with E-state index < -0.39 is 0 Å². The number of nitrogens with one attached hydrogen (secondary N) is 2. The average molecular weight is 553 g/mol. The molecule has 0 unspecified atom stereocenters. The van der Waals surface area contributed by atoms with Crippen molar-refractivity contribution in [3.8, 4) is 17.4 Å². The lowest BCUT2D eigenvalue weighted by Gasteiger charge is -2.10. The first-order valence-corrected chi connectivity index (χ1v) is 10.6. The molecule has 2 aromatic heterocycles. The quantitative estimate of drug-likeness (QED) is 0.236. The molecule has 166 valence electrons. The van der Waals surface area contributed by atoms with Gasteiger partial charge in [-0.25, -0.2) is 15.0 Å². The van der Waals surface area contributed by atoms with E-state index in [9.17, 15) is 0 Å². The molecule has 0 fully saturated rings. The van der Waals surface area contributed by atoms with E-state index in [0.29, 0.717) is 24.7 Å². The summed E-state index contributed by atoms with van der Waals surface area (Å²) in [5.41, 5.74) is 2.08. The molecule has 0 atom stereocenters. The zero-order valence-electron chi connectivity index (χ0n) is 18.1. The van der Waals surface area contributed by atoms with Crippen molar-refractivity contribution >= 4 is 41.3 Å². The lowest BCUT2D eigenvalue weighted by Crippen LogP contribution is -2.36. The van der Waals surface area contributed by atoms with Crippen LogP contribution in [0.3, 0.4) is 0 Å². The Kier molecular flexibility index (Phi) is 9.99. The van der Waals surface area contributed by atoms with Crippen LogP contribution in [0.5, 0.6) is 17.4 Å². The summed E-state index contributed by atoms with van der Waals surface area (Å²) in [7, 11) is 1.64. The van der Waals surface area contributed by atoms with Crippen molar-refractivity contribution in [2.45, 2.75) is 33.9 Å². The van der Waals surface area contributed by atoms with Gasteiger partial charge in [0.1, 0.15) is 16.5 Å². The monoisotopic (exact) mass is 553 g/mol. The van der Waals surface area contributed by atoms with Gasteiger partial charge in [0.15, 0.2) is 5.96 Å². The lowest BCUT2D eigenvalue weighted by atomic mass is 10.3. The number of methoxy groups -OCH3 is 1. The van der Waals surface area contributed by atoms with Crippen LogP contribution in [-0.4, -0.2) is 29.6 Å². The van der Waals surface area contributed by atoms with E-state index in [0.717, 1.165) is 34.5 Å². The average Bonchev–Trinajstić information content (AvgIpc) is 3.09. The molecule has 0 bridgehead atoms. The summed E-state index contributed by atoms with van der Waals surface area (Å²) in [6, 6.07) is 11.2. The minimum Gasteiger partial charge on any atom is -0.497 e. The number of thiazole rings is 1. The molecular formula is C22H28IN5O2S. The van der Waals surface area contributed by atoms with Crippen LogP contribution in [0.15, 0.2) is 47.6 Å². The number of aromatic nitrogens is 2. The molecule has 9 heteroatoms. The number of benzene rings is 1. The minimum absolute atomic E-state index is 0. The number of guanidine groups is 1. The molecule has 1 aromatic carbocycles. The Hall–Kier alpha value is -2.40. The Bertz CT molecular complexity index is 955. The van der Waals surface area contributed by atoms with Crippen LogP contribution in [0.2, 0.25) is 0 Å². The molecule has 0 aliphatic carbocycles. The second-order valence-electron chi connectivity index (χ2n) is 6.58. The van der Waals surface area contributed by atoms with E-state index in [1.54, 1.807) is 24.6 Å². The van der Waals surface area contributed by atoms with Crippen LogP contribution in [0.1, 0.15) is 28.1 Å². The highest BCUT2D eigenvalue weighted by Gasteiger charge is 2.05. The van der Waals surface area contributed by atoms with Crippen molar-refractivity contribution < 1.29 is 9.47 Å². The molecule has 0 spiro atoms. The second kappa shape index (κ2) is 12.5. The molecule has 2 N–H and O–H groups in total. The van der Waals surface area contributed by atoms with Crippen molar-refractivity contribution in [1.29, 1.82) is 0 Å². The predicted octanol–water partition coefficient (Wildman–Crippen LogP) is 4.83. The number of hydrogen-bond donors (Lipinski definition) is 2. The summed E-state index contributed by atoms with van der Waals surface area (Å²) in [4.78, 5) is 14.8. The van der Waals surface area contributed by atoms with Crippen LogP contribution in [0.4, 0.5) is 0 Å². The molecular weight excluding hydrogens is 525 g/mol. The third-order valence-corrected chi connectivity index (χ3v) is 5.40. The summed E-state index contributed by atoms with van der Waals surface area (Å²) in [5.74, 6) is 2.78. The van der Waals surface area contributed by atoms with Crippen LogP contribution in [0.25, 0.3) is 0 Å². The molecule has 31 heavy (non-hydrogen) atoms. The number of pyridine rings is 1. The summed E-state index contributed by atoms with van der Waals surface area (Å²) in [5, 5.41) is 7.64. The Labute approximate surface area is 204 Å². The molecule has 0 radical (unpaired) electrons. The first kappa shape index (κ1) is 24.9. The maximum Gasteiger partial charge on any atom is 0.219 e. The number of halogens is 1. The smallest absolute Gasteiger partial charge is 0.219 e. The fraction of sp³-hybridized carbons (Fsp3) is 0.318. The fourth-order valence-electron chi connectivity index (χ4n) is 2.62. The van der Waals surface area contributed by atoms with Gasteiger partial charge in [0.2, 0.25) is 5.88 Å². The Morgan fingerprint density at radius 1 is 1.06 bits per heavy atom. The van der Waals surface area contributed by atoms with E-state index in [4.69, 9.17) is 9.47 Å². The van der Waals surface area contributed by atoms with Gasteiger partial charge in [-0.3, -0.25) is 0 Å². The normalized spacial score (nSPS) is 10.9. The molecule has 3 rings (SSSR count). The number of ether oxygens (including phenoxy) is 2. The predicted molar refractivity (Wildman–Crippen MR) is 136 cm³/mol. The summed E-state index contributed by atoms with van der Waals surface area (Å²) < 4.78 is 10.9. The zero-order chi connectivity index (χ0) is 21.3. The largest absolute Gasteiger partial charge is 0.497 e. The minimum atomic E-state index is 0. The molecule has 0 saturated carbocycles. The van der Waals surface area contributed by atoms with Gasteiger partial charge in [-0.15, -0.1) is 35.3 Å². The van der Waals surface area contributed by atoms with Gasteiger partial charge in [-0.1, -0.05) is 6.07 Å². The topological polar surface area (TPSA) is 80.7 Å². The van der Waals surface area contributed by atoms with Crippen molar-refractivity contribution in [3.05, 3.63) is 63.7 Å². The van der Waals surface area contributed by atoms with Gasteiger partial charge in [-0.05, 0) is 50.6 Å². The van der Waals surface area contributed by atoms with Crippen molar-refractivity contribution in [2.75, 3.05) is 13.7 Å². The number of nitrogens with zero attached hydrogens (tertiary/aromatic N) is 3. The third-order valence-electron chi connectivity index (χ3n) is 4.32. The Morgan fingerprint density at radius 2 is 1.81 bits per heavy atom. The molecule has 0 aliphatic rings. The molecule has 7 nitrogen and oxygen atoms in total. The van der Waals surface area contributed by atoms with Crippen molar-refractivity contribution in [2.24, 2.45) is 4.99 Å². The van der Waals surface area contributed by atoms with Crippen molar-refractivity contribution in [3.63, 3.8) is 0 Å². The lowest BCUT2D eigenvalue weighted by molar-refractivity contribution is 0.412. The summed E-state index contributed by atoms with van der Waals surface area (Å²) in [6.45, 7) is 8.12. The second-order valence-corrected chi connectivity index (χ2v) is 7.87. The van der Waals surface area contributed by atoms with Crippen LogP contribution >= 0.6 is 35.3 Å². The summed E-state index contributed by atoms with van der Waals surface area (Å²) >= 11 is 1.71. The Morgan fingerprint density at radius 3 is 2.39 bits per heavy atom. The zero-order valence-corrected chi connectivity index (χ0v) is 21.3. The van der Waals surface area contributed by atoms with Gasteiger partial charge >= 0.3 is 0 Å².